The number of hydrogen-bond acceptors (Lipinski definition) is 6. The van der Waals surface area contributed by atoms with E-state index in [1.54, 1.807) is 21.9 Å². The van der Waals surface area contributed by atoms with Crippen LogP contribution >= 0.6 is 23.2 Å². The molecule has 4 atom stereocenters. The van der Waals surface area contributed by atoms with Crippen LogP contribution in [0, 0.1) is 0 Å². The van der Waals surface area contributed by atoms with Crippen LogP contribution in [0.15, 0.2) is 42.5 Å². The third-order valence-electron chi connectivity index (χ3n) is 8.32. The molecule has 3 heterocycles. The van der Waals surface area contributed by atoms with E-state index in [2.05, 4.69) is 17.0 Å². The Labute approximate surface area is 255 Å². The summed E-state index contributed by atoms with van der Waals surface area (Å²) in [5, 5.41) is 7.77. The molecule has 42 heavy (non-hydrogen) atoms. The third-order valence-corrected chi connectivity index (χ3v) is 9.05. The van der Waals surface area contributed by atoms with Gasteiger partial charge >= 0.3 is 0 Å². The molecule has 10 nitrogen and oxygen atoms in total. The van der Waals surface area contributed by atoms with Crippen LogP contribution in [0.25, 0.3) is 0 Å². The molecule has 2 aromatic rings. The fraction of sp³-hybridized carbons (Fsp3) is 0.467. The van der Waals surface area contributed by atoms with Crippen molar-refractivity contribution in [1.82, 2.24) is 14.7 Å². The summed E-state index contributed by atoms with van der Waals surface area (Å²) >= 11 is 12.4. The number of halogens is 2. The minimum absolute atomic E-state index is 0.0178. The average molecular weight is 619 g/mol. The maximum absolute atomic E-state index is 14.0. The van der Waals surface area contributed by atoms with Gasteiger partial charge < -0.3 is 26.4 Å². The summed E-state index contributed by atoms with van der Waals surface area (Å²) in [7, 11) is 0. The molecule has 0 aliphatic carbocycles. The molecular formula is C30H37Cl2N5O5. The molecule has 3 aliphatic rings. The highest BCUT2D eigenvalue weighted by Gasteiger charge is 2.46. The zero-order chi connectivity index (χ0) is 30.4. The standard InChI is InChI=1S/C29H35Cl2N5O3.CH2O2/c30-23-12-19-15-34(16-20(19)13-24(23)31)28(38)25(8-9-27(33)37)35-11-10-22(7-6-18-4-2-1-3-5-18)36-17-21(32)14-26(36)29(35)39;2-1-3/h1-5,12-13,21-22,25-26H,6-11,14-17,32H2,(H2,33,37);1H,(H,2,3)/t21-,22?,25-,26+;/m1./s1. The summed E-state index contributed by atoms with van der Waals surface area (Å²) in [5.41, 5.74) is 15.0. The Morgan fingerprint density at radius 2 is 1.71 bits per heavy atom. The minimum Gasteiger partial charge on any atom is -0.483 e. The van der Waals surface area contributed by atoms with Gasteiger partial charge in [0.15, 0.2) is 0 Å². The first-order chi connectivity index (χ1) is 20.1. The fourth-order valence-electron chi connectivity index (χ4n) is 6.34. The van der Waals surface area contributed by atoms with Crippen molar-refractivity contribution in [1.29, 1.82) is 0 Å². The lowest BCUT2D eigenvalue weighted by Crippen LogP contribution is -2.53. The Balaban J connectivity index is 0.00000129. The van der Waals surface area contributed by atoms with Crippen LogP contribution < -0.4 is 11.5 Å². The quantitative estimate of drug-likeness (QED) is 0.385. The molecule has 226 valence electrons. The molecule has 0 spiro atoms. The molecule has 2 saturated heterocycles. The van der Waals surface area contributed by atoms with Crippen molar-refractivity contribution < 1.29 is 24.3 Å². The van der Waals surface area contributed by atoms with Crippen molar-refractivity contribution in [2.75, 3.05) is 13.1 Å². The predicted octanol–water partition coefficient (Wildman–Crippen LogP) is 2.81. The lowest BCUT2D eigenvalue weighted by atomic mass is 10.0. The van der Waals surface area contributed by atoms with Gasteiger partial charge in [-0.25, -0.2) is 0 Å². The first-order valence-corrected chi connectivity index (χ1v) is 14.9. The van der Waals surface area contributed by atoms with Crippen LogP contribution in [-0.2, 0) is 38.7 Å². The number of aryl methyl sites for hydroxylation is 1. The van der Waals surface area contributed by atoms with Crippen LogP contribution in [0.3, 0.4) is 0 Å². The highest BCUT2D eigenvalue weighted by molar-refractivity contribution is 6.42. The normalized spacial score (nSPS) is 22.5. The Kier molecular flexibility index (Phi) is 10.8. The van der Waals surface area contributed by atoms with Gasteiger partial charge in [-0.1, -0.05) is 53.5 Å². The van der Waals surface area contributed by atoms with Gasteiger partial charge in [0.2, 0.25) is 17.7 Å². The van der Waals surface area contributed by atoms with Crippen molar-refractivity contribution in [3.05, 3.63) is 69.2 Å². The molecule has 1 unspecified atom stereocenters. The Morgan fingerprint density at radius 3 is 2.31 bits per heavy atom. The molecule has 12 heteroatoms. The lowest BCUT2D eigenvalue weighted by molar-refractivity contribution is -0.148. The molecular weight excluding hydrogens is 581 g/mol. The summed E-state index contributed by atoms with van der Waals surface area (Å²) in [6.07, 6.45) is 3.29. The second kappa shape index (κ2) is 14.3. The Morgan fingerprint density at radius 1 is 1.10 bits per heavy atom. The topological polar surface area (TPSA) is 150 Å². The molecule has 5 N–H and O–H groups in total. The number of fused-ring (bicyclic) bond motifs is 2. The summed E-state index contributed by atoms with van der Waals surface area (Å²) in [4.78, 5) is 53.8. The molecule has 0 bridgehead atoms. The van der Waals surface area contributed by atoms with Gasteiger partial charge in [-0.15, -0.1) is 0 Å². The highest BCUT2D eigenvalue weighted by Crippen LogP contribution is 2.34. The summed E-state index contributed by atoms with van der Waals surface area (Å²) in [6.45, 7) is 1.60. The minimum atomic E-state index is -0.781. The Bertz CT molecular complexity index is 1270. The molecule has 0 aromatic heterocycles. The number of nitrogens with two attached hydrogens (primary N) is 2. The van der Waals surface area contributed by atoms with E-state index in [1.165, 1.54) is 5.56 Å². The van der Waals surface area contributed by atoms with E-state index >= 15 is 0 Å². The number of carbonyl (C=O) groups excluding carboxylic acids is 3. The van der Waals surface area contributed by atoms with Crippen molar-refractivity contribution in [3.8, 4) is 0 Å². The lowest BCUT2D eigenvalue weighted by Gasteiger charge is -2.34. The molecule has 2 aromatic carbocycles. The van der Waals surface area contributed by atoms with Gasteiger partial charge in [0.05, 0.1) is 16.1 Å². The van der Waals surface area contributed by atoms with Crippen LogP contribution in [0.5, 0.6) is 0 Å². The van der Waals surface area contributed by atoms with E-state index in [0.29, 0.717) is 42.6 Å². The van der Waals surface area contributed by atoms with Gasteiger partial charge in [0.1, 0.15) is 6.04 Å². The molecule has 5 rings (SSSR count). The molecule has 3 aliphatic heterocycles. The molecule has 0 saturated carbocycles. The van der Waals surface area contributed by atoms with E-state index < -0.39 is 11.9 Å². The third kappa shape index (κ3) is 7.42. The van der Waals surface area contributed by atoms with Crippen molar-refractivity contribution in [3.63, 3.8) is 0 Å². The molecule has 0 radical (unpaired) electrons. The summed E-state index contributed by atoms with van der Waals surface area (Å²) in [5.74, 6) is -0.774. The van der Waals surface area contributed by atoms with Gasteiger partial charge in [-0.05, 0) is 60.9 Å². The zero-order valence-corrected chi connectivity index (χ0v) is 24.8. The number of benzene rings is 2. The number of carbonyl (C=O) groups is 4. The van der Waals surface area contributed by atoms with E-state index in [0.717, 1.165) is 30.4 Å². The second-order valence-electron chi connectivity index (χ2n) is 11.1. The number of amides is 3. The van der Waals surface area contributed by atoms with E-state index in [1.807, 2.05) is 18.2 Å². The summed E-state index contributed by atoms with van der Waals surface area (Å²) in [6, 6.07) is 12.8. The smallest absolute Gasteiger partial charge is 0.290 e. The first-order valence-electron chi connectivity index (χ1n) is 14.1. The second-order valence-corrected chi connectivity index (χ2v) is 11.9. The van der Waals surface area contributed by atoms with Crippen molar-refractivity contribution in [2.45, 2.75) is 75.8 Å². The highest BCUT2D eigenvalue weighted by atomic mass is 35.5. The summed E-state index contributed by atoms with van der Waals surface area (Å²) < 4.78 is 0. The largest absolute Gasteiger partial charge is 0.483 e. The monoisotopic (exact) mass is 617 g/mol. The number of nitrogens with zero attached hydrogens (tertiary/aromatic N) is 3. The molecule has 2 fully saturated rings. The van der Waals surface area contributed by atoms with E-state index in [4.69, 9.17) is 44.6 Å². The van der Waals surface area contributed by atoms with Crippen LogP contribution in [0.1, 0.15) is 48.8 Å². The van der Waals surface area contributed by atoms with Gasteiger partial charge in [-0.3, -0.25) is 24.1 Å². The number of rotatable bonds is 8. The number of hydrogen-bond donors (Lipinski definition) is 3. The van der Waals surface area contributed by atoms with Crippen molar-refractivity contribution in [2.24, 2.45) is 11.5 Å². The molecule has 3 amide bonds. The van der Waals surface area contributed by atoms with Gasteiger partial charge in [0.25, 0.3) is 6.47 Å². The van der Waals surface area contributed by atoms with E-state index in [9.17, 15) is 14.4 Å². The van der Waals surface area contributed by atoms with Crippen LogP contribution in [0.2, 0.25) is 10.0 Å². The maximum atomic E-state index is 14.0. The van der Waals surface area contributed by atoms with E-state index in [-0.39, 0.29) is 49.3 Å². The Hall–Kier alpha value is -3.18. The van der Waals surface area contributed by atoms with Crippen LogP contribution in [-0.4, -0.2) is 81.3 Å². The van der Waals surface area contributed by atoms with Gasteiger partial charge in [-0.2, -0.15) is 0 Å². The number of primary amides is 1. The first kappa shape index (κ1) is 31.7. The van der Waals surface area contributed by atoms with Crippen LogP contribution in [0.4, 0.5) is 0 Å². The van der Waals surface area contributed by atoms with Crippen molar-refractivity contribution >= 4 is 47.4 Å². The van der Waals surface area contributed by atoms with Gasteiger partial charge in [0, 0.05) is 44.7 Å². The predicted molar refractivity (Wildman–Crippen MR) is 160 cm³/mol. The maximum Gasteiger partial charge on any atom is 0.290 e. The number of carboxylic acid groups (broad SMARTS) is 1. The average Bonchev–Trinajstić information content (AvgIpc) is 3.52. The zero-order valence-electron chi connectivity index (χ0n) is 23.3. The fourth-order valence-corrected chi connectivity index (χ4v) is 6.72. The SMILES string of the molecule is NC(=O)CC[C@H](C(=O)N1Cc2cc(Cl)c(Cl)cc2C1)N1CCC(CCc2ccccc2)N2C[C@H](N)C[C@H]2C1=O.O=CO.